The van der Waals surface area contributed by atoms with Crippen molar-refractivity contribution in [3.05, 3.63) is 64.7 Å². The van der Waals surface area contributed by atoms with E-state index in [9.17, 15) is 9.18 Å². The first-order valence-electron chi connectivity index (χ1n) is 11.6. The number of methoxy groups -OCH3 is 1. The Hall–Kier alpha value is -3.42. The molecule has 3 aromatic rings. The Morgan fingerprint density at radius 2 is 2.09 bits per heavy atom. The number of ketones is 1. The van der Waals surface area contributed by atoms with E-state index in [-0.39, 0.29) is 17.5 Å². The maximum Gasteiger partial charge on any atom is 0.211 e. The number of carbonyl (C=O) groups excluding carboxylic acids is 1. The van der Waals surface area contributed by atoms with Gasteiger partial charge in [0.15, 0.2) is 11.6 Å². The molecule has 8 heteroatoms. The van der Waals surface area contributed by atoms with Crippen molar-refractivity contribution in [1.82, 2.24) is 14.8 Å². The van der Waals surface area contributed by atoms with Crippen molar-refractivity contribution in [2.45, 2.75) is 44.9 Å². The molecule has 4 rings (SSSR count). The Morgan fingerprint density at radius 1 is 1.24 bits per heavy atom. The lowest BCUT2D eigenvalue weighted by Gasteiger charge is -2.17. The van der Waals surface area contributed by atoms with Gasteiger partial charge in [-0.2, -0.15) is 5.10 Å². The van der Waals surface area contributed by atoms with E-state index in [0.717, 1.165) is 42.2 Å². The third-order valence-corrected chi connectivity index (χ3v) is 6.08. The van der Waals surface area contributed by atoms with Gasteiger partial charge in [-0.05, 0) is 61.4 Å². The second kappa shape index (κ2) is 10.7. The summed E-state index contributed by atoms with van der Waals surface area (Å²) in [4.78, 5) is 16.6. The Labute approximate surface area is 199 Å². The lowest BCUT2D eigenvalue weighted by Crippen LogP contribution is -2.14. The van der Waals surface area contributed by atoms with Gasteiger partial charge >= 0.3 is 0 Å². The third kappa shape index (κ3) is 5.73. The number of aromatic nitrogens is 3. The van der Waals surface area contributed by atoms with Crippen molar-refractivity contribution < 1.29 is 18.7 Å². The summed E-state index contributed by atoms with van der Waals surface area (Å²) in [5, 5.41) is 7.92. The van der Waals surface area contributed by atoms with Crippen molar-refractivity contribution in [2.24, 2.45) is 7.05 Å². The standard InChI is InChI=1S/C26H31FN4O3/c1-17(32)13-20(19-7-9-24(33-3)23(27)15-19)14-22-16-25(31(2)30-22)34-12-10-21-8-6-18-5-4-11-28-26(18)29-21/h6-9,15-16,20H,4-5,10-14H2,1-3H3,(H,28,29)/t20-/m1/s1. The summed E-state index contributed by atoms with van der Waals surface area (Å²) < 4.78 is 27.0. The molecular weight excluding hydrogens is 435 g/mol. The van der Waals surface area contributed by atoms with Gasteiger partial charge in [0.2, 0.25) is 5.88 Å². The van der Waals surface area contributed by atoms with E-state index in [0.29, 0.717) is 31.7 Å². The van der Waals surface area contributed by atoms with E-state index in [1.165, 1.54) is 18.7 Å². The van der Waals surface area contributed by atoms with Crippen LogP contribution in [0.25, 0.3) is 0 Å². The highest BCUT2D eigenvalue weighted by molar-refractivity contribution is 5.76. The van der Waals surface area contributed by atoms with Gasteiger partial charge in [-0.15, -0.1) is 0 Å². The van der Waals surface area contributed by atoms with Crippen LogP contribution in [0.5, 0.6) is 11.6 Å². The number of nitrogens with zero attached hydrogens (tertiary/aromatic N) is 3. The second-order valence-corrected chi connectivity index (χ2v) is 8.74. The number of aryl methyl sites for hydroxylation is 2. The molecule has 0 saturated carbocycles. The fourth-order valence-corrected chi connectivity index (χ4v) is 4.35. The maximum absolute atomic E-state index is 14.3. The van der Waals surface area contributed by atoms with Crippen LogP contribution in [0.1, 0.15) is 48.2 Å². The average molecular weight is 467 g/mol. The number of pyridine rings is 1. The molecule has 0 bridgehead atoms. The number of halogens is 1. The largest absolute Gasteiger partial charge is 0.494 e. The van der Waals surface area contributed by atoms with Crippen LogP contribution in [0, 0.1) is 5.82 Å². The molecule has 0 unspecified atom stereocenters. The molecule has 0 spiro atoms. The fraction of sp³-hybridized carbons (Fsp3) is 0.423. The maximum atomic E-state index is 14.3. The van der Waals surface area contributed by atoms with Crippen LogP contribution in [0.3, 0.4) is 0 Å². The Bertz CT molecular complexity index is 1160. The molecule has 0 aliphatic carbocycles. The molecule has 34 heavy (non-hydrogen) atoms. The highest BCUT2D eigenvalue weighted by Gasteiger charge is 2.19. The van der Waals surface area contributed by atoms with E-state index in [1.54, 1.807) is 23.7 Å². The molecule has 1 aliphatic rings. The first-order valence-corrected chi connectivity index (χ1v) is 11.6. The zero-order valence-electron chi connectivity index (χ0n) is 19.9. The quantitative estimate of drug-likeness (QED) is 0.481. The van der Waals surface area contributed by atoms with Gasteiger partial charge in [0, 0.05) is 38.2 Å². The number of hydrogen-bond donors (Lipinski definition) is 1. The Kier molecular flexibility index (Phi) is 7.45. The van der Waals surface area contributed by atoms with E-state index >= 15 is 0 Å². The van der Waals surface area contributed by atoms with Gasteiger partial charge in [0.05, 0.1) is 19.4 Å². The zero-order chi connectivity index (χ0) is 24.1. The normalized spacial score (nSPS) is 13.6. The summed E-state index contributed by atoms with van der Waals surface area (Å²) in [6.45, 7) is 2.99. The van der Waals surface area contributed by atoms with Gasteiger partial charge in [-0.25, -0.2) is 14.1 Å². The molecule has 0 saturated heterocycles. The molecule has 2 aromatic heterocycles. The van der Waals surface area contributed by atoms with Crippen LogP contribution < -0.4 is 14.8 Å². The summed E-state index contributed by atoms with van der Waals surface area (Å²) in [5.41, 5.74) is 3.78. The molecule has 0 amide bonds. The number of benzene rings is 1. The SMILES string of the molecule is COc1ccc([C@H](CC(C)=O)Cc2cc(OCCc3ccc4c(n3)NCCC4)n(C)n2)cc1F. The van der Waals surface area contributed by atoms with Gasteiger partial charge in [0.1, 0.15) is 11.6 Å². The second-order valence-electron chi connectivity index (χ2n) is 8.74. The topological polar surface area (TPSA) is 78.3 Å². The first kappa shape index (κ1) is 23.7. The minimum Gasteiger partial charge on any atom is -0.494 e. The molecule has 1 atom stereocenters. The number of ether oxygens (including phenoxy) is 2. The van der Waals surface area contributed by atoms with Crippen LogP contribution in [0.2, 0.25) is 0 Å². The van der Waals surface area contributed by atoms with Crippen molar-refractivity contribution >= 4 is 11.6 Å². The molecule has 1 aliphatic heterocycles. The van der Waals surface area contributed by atoms with Crippen LogP contribution in [-0.2, 0) is 31.1 Å². The molecule has 1 aromatic carbocycles. The van der Waals surface area contributed by atoms with Gasteiger partial charge in [-0.3, -0.25) is 0 Å². The van der Waals surface area contributed by atoms with Crippen molar-refractivity contribution in [1.29, 1.82) is 0 Å². The smallest absolute Gasteiger partial charge is 0.211 e. The number of anilines is 1. The Balaban J connectivity index is 1.40. The summed E-state index contributed by atoms with van der Waals surface area (Å²) in [6, 6.07) is 10.9. The monoisotopic (exact) mass is 466 g/mol. The highest BCUT2D eigenvalue weighted by atomic mass is 19.1. The highest BCUT2D eigenvalue weighted by Crippen LogP contribution is 2.29. The minimum atomic E-state index is -0.440. The van der Waals surface area contributed by atoms with Crippen LogP contribution in [0.4, 0.5) is 10.2 Å². The number of rotatable bonds is 10. The van der Waals surface area contributed by atoms with E-state index in [2.05, 4.69) is 22.5 Å². The number of nitrogens with one attached hydrogen (secondary N) is 1. The van der Waals surface area contributed by atoms with Crippen molar-refractivity contribution in [2.75, 3.05) is 25.6 Å². The predicted molar refractivity (Wildman–Crippen MR) is 128 cm³/mol. The number of hydrogen-bond acceptors (Lipinski definition) is 6. The predicted octanol–water partition coefficient (Wildman–Crippen LogP) is 4.25. The number of carbonyl (C=O) groups is 1. The molecule has 1 N–H and O–H groups in total. The van der Waals surface area contributed by atoms with E-state index < -0.39 is 5.82 Å². The summed E-state index contributed by atoms with van der Waals surface area (Å²) in [6.07, 6.45) is 3.70. The lowest BCUT2D eigenvalue weighted by atomic mass is 9.89. The van der Waals surface area contributed by atoms with Crippen molar-refractivity contribution in [3.63, 3.8) is 0 Å². The van der Waals surface area contributed by atoms with E-state index in [1.807, 2.05) is 13.1 Å². The molecule has 0 radical (unpaired) electrons. The van der Waals surface area contributed by atoms with Crippen molar-refractivity contribution in [3.8, 4) is 11.6 Å². The summed E-state index contributed by atoms with van der Waals surface area (Å²) >= 11 is 0. The summed E-state index contributed by atoms with van der Waals surface area (Å²) in [7, 11) is 3.26. The molecule has 7 nitrogen and oxygen atoms in total. The molecule has 3 heterocycles. The van der Waals surface area contributed by atoms with Gasteiger partial charge in [0.25, 0.3) is 0 Å². The average Bonchev–Trinajstić information content (AvgIpc) is 3.17. The minimum absolute atomic E-state index is 0.0423. The van der Waals surface area contributed by atoms with Gasteiger partial charge in [-0.1, -0.05) is 12.1 Å². The molecular formula is C26H31FN4O3. The first-order chi connectivity index (χ1) is 16.4. The van der Waals surface area contributed by atoms with Crippen LogP contribution >= 0.6 is 0 Å². The van der Waals surface area contributed by atoms with Gasteiger partial charge < -0.3 is 19.6 Å². The van der Waals surface area contributed by atoms with Crippen LogP contribution in [-0.4, -0.2) is 40.8 Å². The Morgan fingerprint density at radius 3 is 2.85 bits per heavy atom. The number of fused-ring (bicyclic) bond motifs is 1. The fourth-order valence-electron chi connectivity index (χ4n) is 4.35. The van der Waals surface area contributed by atoms with E-state index in [4.69, 9.17) is 14.5 Å². The lowest BCUT2D eigenvalue weighted by molar-refractivity contribution is -0.117. The number of Topliss-reactive ketones (excluding diaryl/α,β-unsaturated/α-hetero) is 1. The molecule has 180 valence electrons. The summed E-state index contributed by atoms with van der Waals surface area (Å²) in [5.74, 6) is 1.23. The third-order valence-electron chi connectivity index (χ3n) is 6.08. The zero-order valence-corrected chi connectivity index (χ0v) is 19.9. The molecule has 0 fully saturated rings. The van der Waals surface area contributed by atoms with Crippen LogP contribution in [0.15, 0.2) is 36.4 Å².